The van der Waals surface area contributed by atoms with E-state index in [9.17, 15) is 8.78 Å². The summed E-state index contributed by atoms with van der Waals surface area (Å²) in [6.45, 7) is 0. The van der Waals surface area contributed by atoms with E-state index in [0.29, 0.717) is 16.7 Å². The third kappa shape index (κ3) is 2.52. The van der Waals surface area contributed by atoms with Crippen molar-refractivity contribution in [2.45, 2.75) is 6.04 Å². The van der Waals surface area contributed by atoms with Gasteiger partial charge in [-0.2, -0.15) is 0 Å². The molecule has 3 rings (SSSR count). The van der Waals surface area contributed by atoms with Gasteiger partial charge in [-0.05, 0) is 40.2 Å². The van der Waals surface area contributed by atoms with E-state index in [1.54, 1.807) is 12.1 Å². The van der Waals surface area contributed by atoms with Gasteiger partial charge in [0.1, 0.15) is 11.6 Å². The topological polar surface area (TPSA) is 51.8 Å². The van der Waals surface area contributed by atoms with E-state index in [1.165, 1.54) is 12.3 Å². The van der Waals surface area contributed by atoms with Crippen molar-refractivity contribution in [3.8, 4) is 0 Å². The van der Waals surface area contributed by atoms with Gasteiger partial charge in [0.2, 0.25) is 0 Å². The van der Waals surface area contributed by atoms with Gasteiger partial charge in [-0.1, -0.05) is 12.1 Å². The Morgan fingerprint density at radius 1 is 1.05 bits per heavy atom. The SMILES string of the molecule is NC(c1cnc2ccccc2n1)c1c(F)ccc(Br)c1F. The average molecular weight is 350 g/mol. The molecule has 0 saturated heterocycles. The first-order chi connectivity index (χ1) is 10.1. The summed E-state index contributed by atoms with van der Waals surface area (Å²) in [5, 5.41) is 0. The van der Waals surface area contributed by atoms with Gasteiger partial charge in [0.15, 0.2) is 0 Å². The summed E-state index contributed by atoms with van der Waals surface area (Å²) < 4.78 is 28.1. The fraction of sp³-hybridized carbons (Fsp3) is 0.0667. The van der Waals surface area contributed by atoms with Crippen LogP contribution >= 0.6 is 15.9 Å². The summed E-state index contributed by atoms with van der Waals surface area (Å²) in [6, 6.07) is 8.66. The minimum Gasteiger partial charge on any atom is -0.319 e. The standard InChI is InChI=1S/C15H10BrF2N3/c16-8-5-6-9(17)13(14(8)18)15(19)12-7-20-10-3-1-2-4-11(10)21-12/h1-7,15H,19H2. The second-order valence-electron chi connectivity index (χ2n) is 4.52. The quantitative estimate of drug-likeness (QED) is 0.717. The number of benzene rings is 2. The molecule has 1 aromatic heterocycles. The van der Waals surface area contributed by atoms with Crippen molar-refractivity contribution in [3.63, 3.8) is 0 Å². The Kier molecular flexibility index (Phi) is 3.65. The van der Waals surface area contributed by atoms with Crippen LogP contribution in [-0.4, -0.2) is 9.97 Å². The second kappa shape index (κ2) is 5.46. The number of nitrogens with two attached hydrogens (primary N) is 1. The summed E-state index contributed by atoms with van der Waals surface area (Å²) in [4.78, 5) is 8.54. The Balaban J connectivity index is 2.12. The molecule has 0 spiro atoms. The number of rotatable bonds is 2. The van der Waals surface area contributed by atoms with E-state index < -0.39 is 17.7 Å². The van der Waals surface area contributed by atoms with E-state index in [0.717, 1.165) is 6.07 Å². The summed E-state index contributed by atoms with van der Waals surface area (Å²) in [5.41, 5.74) is 7.38. The molecule has 2 N–H and O–H groups in total. The smallest absolute Gasteiger partial charge is 0.145 e. The van der Waals surface area contributed by atoms with Crippen molar-refractivity contribution in [3.05, 3.63) is 70.0 Å². The lowest BCUT2D eigenvalue weighted by Crippen LogP contribution is -2.17. The monoisotopic (exact) mass is 349 g/mol. The number of aromatic nitrogens is 2. The van der Waals surface area contributed by atoms with Crippen LogP contribution in [0.15, 0.2) is 47.1 Å². The molecule has 0 aliphatic rings. The first kappa shape index (κ1) is 14.0. The Morgan fingerprint density at radius 2 is 1.76 bits per heavy atom. The molecule has 6 heteroatoms. The molecule has 0 aliphatic heterocycles. The lowest BCUT2D eigenvalue weighted by molar-refractivity contribution is 0.537. The summed E-state index contributed by atoms with van der Waals surface area (Å²) >= 11 is 3.03. The van der Waals surface area contributed by atoms with Crippen LogP contribution in [-0.2, 0) is 0 Å². The van der Waals surface area contributed by atoms with Gasteiger partial charge in [-0.3, -0.25) is 4.98 Å². The lowest BCUT2D eigenvalue weighted by atomic mass is 10.0. The van der Waals surface area contributed by atoms with Crippen molar-refractivity contribution in [2.24, 2.45) is 5.73 Å². The van der Waals surface area contributed by atoms with Crippen molar-refractivity contribution >= 4 is 27.0 Å². The molecule has 0 bridgehead atoms. The highest BCUT2D eigenvalue weighted by molar-refractivity contribution is 9.10. The molecular formula is C15H10BrF2N3. The molecule has 3 aromatic rings. The fourth-order valence-corrected chi connectivity index (χ4v) is 2.44. The molecule has 1 heterocycles. The van der Waals surface area contributed by atoms with E-state index >= 15 is 0 Å². The molecule has 3 nitrogen and oxygen atoms in total. The minimum absolute atomic E-state index is 0.156. The van der Waals surface area contributed by atoms with Crippen LogP contribution in [0.4, 0.5) is 8.78 Å². The third-order valence-electron chi connectivity index (χ3n) is 3.18. The molecular weight excluding hydrogens is 340 g/mol. The van der Waals surface area contributed by atoms with Crippen LogP contribution < -0.4 is 5.73 Å². The Bertz CT molecular complexity index is 823. The lowest BCUT2D eigenvalue weighted by Gasteiger charge is -2.14. The first-order valence-electron chi connectivity index (χ1n) is 6.18. The van der Waals surface area contributed by atoms with Crippen molar-refractivity contribution in [1.82, 2.24) is 9.97 Å². The van der Waals surface area contributed by atoms with Gasteiger partial charge in [-0.15, -0.1) is 0 Å². The maximum Gasteiger partial charge on any atom is 0.145 e. The Morgan fingerprint density at radius 3 is 2.52 bits per heavy atom. The highest BCUT2D eigenvalue weighted by Crippen LogP contribution is 2.28. The number of hydrogen-bond donors (Lipinski definition) is 1. The zero-order valence-electron chi connectivity index (χ0n) is 10.7. The number of halogens is 3. The zero-order valence-corrected chi connectivity index (χ0v) is 12.3. The van der Waals surface area contributed by atoms with Gasteiger partial charge in [-0.25, -0.2) is 13.8 Å². The van der Waals surface area contributed by atoms with Crippen molar-refractivity contribution in [1.29, 1.82) is 0 Å². The van der Waals surface area contributed by atoms with Gasteiger partial charge < -0.3 is 5.73 Å². The predicted molar refractivity (Wildman–Crippen MR) is 79.6 cm³/mol. The van der Waals surface area contributed by atoms with Crippen molar-refractivity contribution < 1.29 is 8.78 Å². The Hall–Kier alpha value is -1.92. The van der Waals surface area contributed by atoms with Crippen LogP contribution in [0.3, 0.4) is 0 Å². The van der Waals surface area contributed by atoms with E-state index in [-0.39, 0.29) is 10.0 Å². The average Bonchev–Trinajstić information content (AvgIpc) is 2.51. The Labute approximate surface area is 128 Å². The molecule has 0 saturated carbocycles. The highest BCUT2D eigenvalue weighted by Gasteiger charge is 2.22. The molecule has 2 aromatic carbocycles. The summed E-state index contributed by atoms with van der Waals surface area (Å²) in [6.07, 6.45) is 1.44. The van der Waals surface area contributed by atoms with Gasteiger partial charge in [0.25, 0.3) is 0 Å². The zero-order chi connectivity index (χ0) is 15.0. The first-order valence-corrected chi connectivity index (χ1v) is 6.98. The molecule has 1 atom stereocenters. The number of fused-ring (bicyclic) bond motifs is 1. The third-order valence-corrected chi connectivity index (χ3v) is 3.79. The summed E-state index contributed by atoms with van der Waals surface area (Å²) in [7, 11) is 0. The predicted octanol–water partition coefficient (Wildman–Crippen LogP) is 3.72. The molecule has 0 aliphatic carbocycles. The molecule has 1 unspecified atom stereocenters. The highest BCUT2D eigenvalue weighted by atomic mass is 79.9. The van der Waals surface area contributed by atoms with Gasteiger partial charge >= 0.3 is 0 Å². The second-order valence-corrected chi connectivity index (χ2v) is 5.37. The number of hydrogen-bond acceptors (Lipinski definition) is 3. The van der Waals surface area contributed by atoms with Crippen LogP contribution in [0, 0.1) is 11.6 Å². The van der Waals surface area contributed by atoms with Crippen molar-refractivity contribution in [2.75, 3.05) is 0 Å². The molecule has 21 heavy (non-hydrogen) atoms. The van der Waals surface area contributed by atoms with Crippen LogP contribution in [0.1, 0.15) is 17.3 Å². The van der Waals surface area contributed by atoms with Gasteiger partial charge in [0, 0.05) is 5.56 Å². The largest absolute Gasteiger partial charge is 0.319 e. The number of nitrogens with zero attached hydrogens (tertiary/aromatic N) is 2. The van der Waals surface area contributed by atoms with Gasteiger partial charge in [0.05, 0.1) is 33.4 Å². The maximum absolute atomic E-state index is 14.1. The minimum atomic E-state index is -1.03. The summed E-state index contributed by atoms with van der Waals surface area (Å²) in [5.74, 6) is -1.43. The molecule has 106 valence electrons. The fourth-order valence-electron chi connectivity index (χ4n) is 2.10. The van der Waals surface area contributed by atoms with Crippen LogP contribution in [0.2, 0.25) is 0 Å². The van der Waals surface area contributed by atoms with E-state index in [2.05, 4.69) is 25.9 Å². The maximum atomic E-state index is 14.1. The van der Waals surface area contributed by atoms with E-state index in [4.69, 9.17) is 5.73 Å². The van der Waals surface area contributed by atoms with Crippen LogP contribution in [0.5, 0.6) is 0 Å². The number of para-hydroxylation sites is 2. The van der Waals surface area contributed by atoms with Crippen LogP contribution in [0.25, 0.3) is 11.0 Å². The molecule has 0 fully saturated rings. The normalized spacial score (nSPS) is 12.6. The molecule has 0 amide bonds. The molecule has 0 radical (unpaired) electrons. The van der Waals surface area contributed by atoms with E-state index in [1.807, 2.05) is 12.1 Å².